The zero-order valence-electron chi connectivity index (χ0n) is 71.4. The second kappa shape index (κ2) is 48.3. The molecule has 12 rings (SSSR count). The summed E-state index contributed by atoms with van der Waals surface area (Å²) in [5, 5.41) is 31.7. The van der Waals surface area contributed by atoms with Crippen molar-refractivity contribution in [2.24, 2.45) is 0 Å². The number of nitrogens with zero attached hydrogens (tertiary/aromatic N) is 17. The third-order valence-electron chi connectivity index (χ3n) is 16.5. The Bertz CT molecular complexity index is 5390. The molecule has 26 nitrogen and oxygen atoms in total. The Hall–Kier alpha value is -7.61. The zero-order valence-corrected chi connectivity index (χ0v) is 80.0. The summed E-state index contributed by atoms with van der Waals surface area (Å²) in [4.78, 5) is 30.5. The fourth-order valence-electron chi connectivity index (χ4n) is 8.32. The fraction of sp³-hybridized carbons (Fsp3) is 0.494. The van der Waals surface area contributed by atoms with Crippen molar-refractivity contribution in [2.45, 2.75) is 247 Å². The van der Waals surface area contributed by atoms with Gasteiger partial charge >= 0.3 is 106 Å². The second-order valence-corrected chi connectivity index (χ2v) is 34.1. The van der Waals surface area contributed by atoms with Gasteiger partial charge in [-0.2, -0.15) is 96.6 Å². The van der Waals surface area contributed by atoms with E-state index < -0.39 is 123 Å². The van der Waals surface area contributed by atoms with Crippen molar-refractivity contribution in [3.05, 3.63) is 166 Å². The van der Waals surface area contributed by atoms with Crippen LogP contribution in [0.1, 0.15) is 172 Å². The molecule has 0 aromatic carbocycles. The molecule has 0 radical (unpaired) electrons. The van der Waals surface area contributed by atoms with Crippen LogP contribution in [0.5, 0.6) is 23.5 Å². The molecule has 55 heteroatoms. The van der Waals surface area contributed by atoms with E-state index in [1.165, 1.54) is 118 Å². The molecule has 0 amide bonds. The van der Waals surface area contributed by atoms with Gasteiger partial charge in [-0.3, -0.25) is 23.2 Å². The topological polar surface area (TPSA) is 302 Å². The van der Waals surface area contributed by atoms with Crippen molar-refractivity contribution < 1.29 is 191 Å². The van der Waals surface area contributed by atoms with Gasteiger partial charge in [0.2, 0.25) is 46.9 Å². The number of halogens is 27. The van der Waals surface area contributed by atoms with Gasteiger partial charge in [0.1, 0.15) is 5.15 Å². The summed E-state index contributed by atoms with van der Waals surface area (Å²) in [5.74, 6) is -3.30. The number of fused-ring (bicyclic) bond motifs is 3. The predicted molar refractivity (Wildman–Crippen MR) is 455 cm³/mol. The van der Waals surface area contributed by atoms with E-state index in [4.69, 9.17) is 68.2 Å². The van der Waals surface area contributed by atoms with Gasteiger partial charge in [0.25, 0.3) is 0 Å². The number of pyridine rings is 5. The van der Waals surface area contributed by atoms with E-state index in [2.05, 4.69) is 107 Å². The number of aliphatic hydroxyl groups is 1. The normalized spacial score (nSPS) is 13.6. The molecule has 11 aromatic rings. The van der Waals surface area contributed by atoms with E-state index in [-0.39, 0.29) is 145 Å². The molecule has 0 saturated carbocycles. The summed E-state index contributed by atoms with van der Waals surface area (Å²) in [6.45, 7) is 22.5. The third kappa shape index (κ3) is 37.0. The Morgan fingerprint density at radius 2 is 0.701 bits per heavy atom. The SMILES string of the molecule is C.C.C.C.CC(C)(C)[O-].CC(C)(O)C(F)(F)F.CC(C)(Oc1ccc(-c2cn3c(C(F)(F)Cl)nnc3cn2)cn1)C(F)(F)F.CC(C)(Oc1ccc(B2OC(C)(C)C(C)(C)O2)cn1)C(F)(F)F.CC(C)(Oc1ccc(Br)cn1)C(F)(F)F.CCOC(F)(F)c1nnc2cnc(-c3ccc(OC(C)(C)C(F)(F)F)nc3)cn12.FC(F)(Cl)c1nnc2cnc(Cl)cn12.Fc1ccc(Br)cn1.[K+]. The third-order valence-corrected chi connectivity index (χ3v) is 18.0. The number of aromatic nitrogens is 17. The summed E-state index contributed by atoms with van der Waals surface area (Å²) in [5.41, 5.74) is -11.7. The van der Waals surface area contributed by atoms with Crippen molar-refractivity contribution in [1.29, 1.82) is 0 Å². The van der Waals surface area contributed by atoms with Gasteiger partial charge in [0, 0.05) is 93.3 Å². The minimum Gasteiger partial charge on any atom is -0.850 e. The number of hydrogen-bond donors (Lipinski definition) is 1. The van der Waals surface area contributed by atoms with E-state index in [1.54, 1.807) is 39.0 Å². The van der Waals surface area contributed by atoms with Crippen molar-refractivity contribution in [3.8, 4) is 46.0 Å². The van der Waals surface area contributed by atoms with Crippen molar-refractivity contribution in [3.63, 3.8) is 0 Å². The Labute approximate surface area is 830 Å². The quantitative estimate of drug-likeness (QED) is 0.0407. The molecule has 11 aromatic heterocycles. The van der Waals surface area contributed by atoms with Crippen LogP contribution in [0.15, 0.2) is 138 Å². The van der Waals surface area contributed by atoms with E-state index in [0.29, 0.717) is 34.9 Å². The number of rotatable bonds is 16. The van der Waals surface area contributed by atoms with Crippen LogP contribution >= 0.6 is 66.7 Å². The minimum atomic E-state index is -4.59. The maximum Gasteiger partial charge on any atom is 1.00 e. The molecule has 0 atom stereocenters. The summed E-state index contributed by atoms with van der Waals surface area (Å²) in [7, 11) is -0.614. The van der Waals surface area contributed by atoms with Crippen molar-refractivity contribution >= 4 is 96.2 Å². The second-order valence-electron chi connectivity index (χ2n) is 31.0. The monoisotopic (exact) mass is 2160 g/mol. The Morgan fingerprint density at radius 3 is 0.970 bits per heavy atom. The van der Waals surface area contributed by atoms with E-state index in [1.807, 2.05) is 27.7 Å². The Morgan fingerprint density at radius 1 is 0.410 bits per heavy atom. The van der Waals surface area contributed by atoms with Crippen LogP contribution in [-0.4, -0.2) is 178 Å². The van der Waals surface area contributed by atoms with Crippen LogP contribution in [0.2, 0.25) is 5.15 Å². The predicted octanol–water partition coefficient (Wildman–Crippen LogP) is 19.9. The first-order valence-electron chi connectivity index (χ1n) is 36.4. The van der Waals surface area contributed by atoms with E-state index >= 15 is 0 Å². The zero-order chi connectivity index (χ0) is 98.7. The van der Waals surface area contributed by atoms with Gasteiger partial charge in [-0.15, -0.1) is 36.2 Å². The largest absolute Gasteiger partial charge is 1.00 e. The molecule has 0 spiro atoms. The summed E-state index contributed by atoms with van der Waals surface area (Å²) < 4.78 is 319. The van der Waals surface area contributed by atoms with Gasteiger partial charge < -0.3 is 43.2 Å². The standard InChI is InChI=1S/C17H16F5N5O2.C15H21BF3NO3.C15H11ClF5N5O.C9H9BrF3NO.C6H2Cl2F2N4.C5H3BrFN.C4H7F3O.C4H9O.4CH4.K/c1-4-28-16(18,19)14-26-25-12-8-23-11(9-27(12)14)10-5-6-13(24-7-10)29-15(2,3)17(20,21)22;1-12(2)13(3,4)23-16(22-12)10-7-8-11(20-9-10)21-14(5,6)15(17,18)19;1-13(2,15(19,20)21)27-11-4-3-8(5-23-11)9-7-26-10(6-22-9)24-25-12(26)14(16,17)18;1-8(2,9(11,12)13)15-7-4-3-6(10)5-14-7;7-3-2-14-4(1-11-3)12-13-5(14)6(8,9)10;6-4-1-2-5(7)8-3-4;1-3(2,8)4(5,6)7;1-4(2,3)5;;;;;/h5-9H,4H2,1-3H3;7-9H,1-6H3;3-7H,1-2H3;3-5H,1-2H3;1-2H;1-3H;8H,1-2H3;1-3H3;4*1H4;/q;;;;;;;-1;;;;;+1. The van der Waals surface area contributed by atoms with Crippen molar-refractivity contribution in [2.75, 3.05) is 6.61 Å². The van der Waals surface area contributed by atoms with Crippen LogP contribution in [0, 0.1) is 5.95 Å². The molecule has 1 aliphatic rings. The maximum atomic E-state index is 14.1. The Kier molecular flexibility index (Phi) is 45.6. The number of ether oxygens (including phenoxy) is 5. The van der Waals surface area contributed by atoms with E-state index in [9.17, 15) is 102 Å². The van der Waals surface area contributed by atoms with Gasteiger partial charge in [-0.1, -0.05) is 68.1 Å². The average Bonchev–Trinajstić information content (AvgIpc) is 1.63. The number of alkyl halides is 23. The molecule has 0 aliphatic carbocycles. The average molecular weight is 2160 g/mol. The van der Waals surface area contributed by atoms with Crippen LogP contribution in [-0.2, 0) is 30.9 Å². The molecule has 742 valence electrons. The van der Waals surface area contributed by atoms with Crippen LogP contribution in [0.3, 0.4) is 0 Å². The summed E-state index contributed by atoms with van der Waals surface area (Å²) in [6, 6.07) is 14.1. The molecule has 1 saturated heterocycles. The first-order valence-corrected chi connectivity index (χ1v) is 39.1. The molecule has 1 N–H and O–H groups in total. The Balaban J connectivity index is 0.00000157. The molecule has 0 bridgehead atoms. The van der Waals surface area contributed by atoms with Crippen molar-refractivity contribution in [1.82, 2.24) is 83.7 Å². The first-order chi connectivity index (χ1) is 58.3. The smallest absolute Gasteiger partial charge is 0.850 e. The summed E-state index contributed by atoms with van der Waals surface area (Å²) in [6.07, 6.45) is -12.3. The molecular formula is C79H94BBr2Cl3F22KN17O9. The maximum absolute atomic E-state index is 14.1. The molecule has 1 aliphatic heterocycles. The van der Waals surface area contributed by atoms with Gasteiger partial charge in [-0.05, 0) is 195 Å². The van der Waals surface area contributed by atoms with Crippen LogP contribution < -0.4 is 80.9 Å². The van der Waals surface area contributed by atoms with Gasteiger partial charge in [0.15, 0.2) is 44.9 Å². The van der Waals surface area contributed by atoms with Crippen LogP contribution in [0.4, 0.5) is 96.6 Å². The summed E-state index contributed by atoms with van der Waals surface area (Å²) >= 11 is 21.6. The van der Waals surface area contributed by atoms with Gasteiger partial charge in [-0.25, -0.2) is 29.9 Å². The molecular weight excluding hydrogens is 2070 g/mol. The van der Waals surface area contributed by atoms with E-state index in [0.717, 1.165) is 73.1 Å². The minimum absolute atomic E-state index is 0. The molecule has 0 unspecified atom stereocenters. The fourth-order valence-corrected chi connectivity index (χ4v) is 9.20. The molecule has 134 heavy (non-hydrogen) atoms. The molecule has 1 fully saturated rings. The van der Waals surface area contributed by atoms with Gasteiger partial charge in [0.05, 0.1) is 47.8 Å². The first kappa shape index (κ1) is 126. The van der Waals surface area contributed by atoms with Crippen LogP contribution in [0.25, 0.3) is 39.5 Å². The molecule has 12 heterocycles. The number of hydrogen-bond acceptors (Lipinski definition) is 23.